The molecule has 1 heterocycles. The molecule has 1 amide bonds. The maximum Gasteiger partial charge on any atom is 0.287 e. The van der Waals surface area contributed by atoms with Gasteiger partial charge in [-0.2, -0.15) is 0 Å². The molecule has 0 spiro atoms. The number of carbonyl (C=O) groups is 1. The minimum Gasteiger partial charge on any atom is -0.508 e. The summed E-state index contributed by atoms with van der Waals surface area (Å²) in [7, 11) is 0. The summed E-state index contributed by atoms with van der Waals surface area (Å²) in [5.41, 5.74) is -0.0342. The average Bonchev–Trinajstić information content (AvgIpc) is 2.54. The Bertz CT molecular complexity index is 744. The van der Waals surface area contributed by atoms with Crippen LogP contribution in [0.2, 0.25) is 0 Å². The van der Waals surface area contributed by atoms with Crippen LogP contribution in [0.15, 0.2) is 33.5 Å². The van der Waals surface area contributed by atoms with Gasteiger partial charge in [0, 0.05) is 12.6 Å². The minimum atomic E-state index is -0.363. The Hall–Kier alpha value is -2.30. The van der Waals surface area contributed by atoms with Gasteiger partial charge in [0.15, 0.2) is 11.2 Å². The first kappa shape index (κ1) is 14.6. The van der Waals surface area contributed by atoms with Crippen LogP contribution in [0, 0.1) is 5.92 Å². The summed E-state index contributed by atoms with van der Waals surface area (Å²) in [6.45, 7) is 0.621. The molecule has 1 aromatic heterocycles. The molecule has 5 nitrogen and oxygen atoms in total. The van der Waals surface area contributed by atoms with E-state index in [-0.39, 0.29) is 28.2 Å². The first-order chi connectivity index (χ1) is 10.6. The Kier molecular flexibility index (Phi) is 4.13. The molecular formula is C17H19NO4. The van der Waals surface area contributed by atoms with Gasteiger partial charge in [-0.3, -0.25) is 9.59 Å². The molecule has 0 unspecified atom stereocenters. The zero-order valence-electron chi connectivity index (χ0n) is 12.3. The predicted octanol–water partition coefficient (Wildman–Crippen LogP) is 2.81. The van der Waals surface area contributed by atoms with Crippen LogP contribution in [0.5, 0.6) is 5.75 Å². The lowest BCUT2D eigenvalue weighted by Crippen LogP contribution is -2.30. The Morgan fingerprint density at radius 3 is 2.77 bits per heavy atom. The van der Waals surface area contributed by atoms with E-state index >= 15 is 0 Å². The fraction of sp³-hybridized carbons (Fsp3) is 0.412. The molecule has 2 N–H and O–H groups in total. The third kappa shape index (κ3) is 3.13. The highest BCUT2D eigenvalue weighted by atomic mass is 16.3. The smallest absolute Gasteiger partial charge is 0.287 e. The Labute approximate surface area is 127 Å². The van der Waals surface area contributed by atoms with Gasteiger partial charge in [-0.1, -0.05) is 19.3 Å². The molecule has 0 aliphatic heterocycles. The van der Waals surface area contributed by atoms with Gasteiger partial charge in [-0.25, -0.2) is 0 Å². The highest BCUT2D eigenvalue weighted by Gasteiger charge is 2.17. The van der Waals surface area contributed by atoms with Crippen molar-refractivity contribution in [2.75, 3.05) is 6.54 Å². The van der Waals surface area contributed by atoms with Crippen molar-refractivity contribution in [3.8, 4) is 5.75 Å². The summed E-state index contributed by atoms with van der Waals surface area (Å²) in [5.74, 6) is 0.160. The third-order valence-corrected chi connectivity index (χ3v) is 4.21. The number of aromatic hydroxyl groups is 1. The minimum absolute atomic E-state index is 0.00528. The number of benzene rings is 1. The van der Waals surface area contributed by atoms with E-state index in [9.17, 15) is 14.7 Å². The Morgan fingerprint density at radius 1 is 1.23 bits per heavy atom. The molecule has 0 atom stereocenters. The van der Waals surface area contributed by atoms with E-state index in [1.54, 1.807) is 0 Å². The first-order valence-corrected chi connectivity index (χ1v) is 7.68. The zero-order chi connectivity index (χ0) is 15.5. The zero-order valence-corrected chi connectivity index (χ0v) is 12.3. The van der Waals surface area contributed by atoms with Crippen molar-refractivity contribution < 1.29 is 14.3 Å². The second-order valence-electron chi connectivity index (χ2n) is 5.87. The molecule has 116 valence electrons. The summed E-state index contributed by atoms with van der Waals surface area (Å²) in [5, 5.41) is 12.5. The molecule has 1 aliphatic rings. The van der Waals surface area contributed by atoms with E-state index in [0.717, 1.165) is 12.8 Å². The fourth-order valence-corrected chi connectivity index (χ4v) is 2.97. The van der Waals surface area contributed by atoms with E-state index < -0.39 is 0 Å². The van der Waals surface area contributed by atoms with E-state index in [2.05, 4.69) is 5.32 Å². The first-order valence-electron chi connectivity index (χ1n) is 7.68. The van der Waals surface area contributed by atoms with Crippen LogP contribution in [0.3, 0.4) is 0 Å². The lowest BCUT2D eigenvalue weighted by Gasteiger charge is -2.21. The molecule has 1 aromatic carbocycles. The maximum absolute atomic E-state index is 12.2. The lowest BCUT2D eigenvalue weighted by molar-refractivity contribution is 0.0916. The van der Waals surface area contributed by atoms with Crippen molar-refractivity contribution >= 4 is 16.9 Å². The molecule has 0 radical (unpaired) electrons. The summed E-state index contributed by atoms with van der Waals surface area (Å²) in [4.78, 5) is 24.2. The number of carbonyl (C=O) groups excluding carboxylic acids is 1. The van der Waals surface area contributed by atoms with Crippen LogP contribution in [0.1, 0.15) is 42.7 Å². The lowest BCUT2D eigenvalue weighted by atomic mass is 9.89. The van der Waals surface area contributed by atoms with Crippen molar-refractivity contribution in [3.63, 3.8) is 0 Å². The second-order valence-corrected chi connectivity index (χ2v) is 5.87. The monoisotopic (exact) mass is 301 g/mol. The standard InChI is InChI=1S/C17H19NO4/c19-12-6-7-15-13(8-12)14(20)9-16(22-15)17(21)18-10-11-4-2-1-3-5-11/h6-9,11,19H,1-5,10H2,(H,18,21). The molecule has 1 aliphatic carbocycles. The van der Waals surface area contributed by atoms with Crippen LogP contribution in [0.25, 0.3) is 11.0 Å². The Morgan fingerprint density at radius 2 is 2.00 bits per heavy atom. The van der Waals surface area contributed by atoms with Gasteiger partial charge in [0.25, 0.3) is 5.91 Å². The number of phenols is 1. The van der Waals surface area contributed by atoms with Gasteiger partial charge in [0.1, 0.15) is 11.3 Å². The number of hydrogen-bond donors (Lipinski definition) is 2. The van der Waals surface area contributed by atoms with Gasteiger partial charge in [-0.05, 0) is 37.0 Å². The average molecular weight is 301 g/mol. The Balaban J connectivity index is 1.76. The van der Waals surface area contributed by atoms with Crippen molar-refractivity contribution in [2.24, 2.45) is 5.92 Å². The highest BCUT2D eigenvalue weighted by Crippen LogP contribution is 2.23. The summed E-state index contributed by atoms with van der Waals surface area (Å²) < 4.78 is 5.48. The van der Waals surface area contributed by atoms with Crippen LogP contribution in [-0.2, 0) is 0 Å². The van der Waals surface area contributed by atoms with Crippen LogP contribution >= 0.6 is 0 Å². The van der Waals surface area contributed by atoms with Crippen LogP contribution in [-0.4, -0.2) is 17.6 Å². The van der Waals surface area contributed by atoms with Gasteiger partial charge >= 0.3 is 0 Å². The SMILES string of the molecule is O=C(NCC1CCCCC1)c1cc(=O)c2cc(O)ccc2o1. The van der Waals surface area contributed by atoms with Gasteiger partial charge in [0.2, 0.25) is 0 Å². The number of rotatable bonds is 3. The molecular weight excluding hydrogens is 282 g/mol. The number of fused-ring (bicyclic) bond motifs is 1. The van der Waals surface area contributed by atoms with E-state index in [4.69, 9.17) is 4.42 Å². The normalized spacial score (nSPS) is 15.8. The second kappa shape index (κ2) is 6.22. The van der Waals surface area contributed by atoms with E-state index in [1.807, 2.05) is 0 Å². The predicted molar refractivity (Wildman–Crippen MR) is 83.1 cm³/mol. The van der Waals surface area contributed by atoms with E-state index in [0.29, 0.717) is 18.0 Å². The summed E-state index contributed by atoms with van der Waals surface area (Å²) in [6.07, 6.45) is 5.99. The quantitative estimate of drug-likeness (QED) is 0.913. The third-order valence-electron chi connectivity index (χ3n) is 4.21. The van der Waals surface area contributed by atoms with Crippen LogP contribution < -0.4 is 10.7 Å². The summed E-state index contributed by atoms with van der Waals surface area (Å²) in [6, 6.07) is 5.43. The number of amides is 1. The molecule has 5 heteroatoms. The molecule has 1 saturated carbocycles. The molecule has 1 fully saturated rings. The van der Waals surface area contributed by atoms with Gasteiger partial charge in [0.05, 0.1) is 5.39 Å². The van der Waals surface area contributed by atoms with Gasteiger partial charge < -0.3 is 14.8 Å². The van der Waals surface area contributed by atoms with Crippen molar-refractivity contribution in [1.82, 2.24) is 5.32 Å². The number of hydrogen-bond acceptors (Lipinski definition) is 4. The topological polar surface area (TPSA) is 79.5 Å². The molecule has 3 rings (SSSR count). The van der Waals surface area contributed by atoms with E-state index in [1.165, 1.54) is 43.5 Å². The molecule has 22 heavy (non-hydrogen) atoms. The van der Waals surface area contributed by atoms with Crippen molar-refractivity contribution in [2.45, 2.75) is 32.1 Å². The number of phenolic OH excluding ortho intramolecular Hbond substituents is 1. The summed E-state index contributed by atoms with van der Waals surface area (Å²) >= 11 is 0. The number of nitrogens with one attached hydrogen (secondary N) is 1. The molecule has 0 bridgehead atoms. The highest BCUT2D eigenvalue weighted by molar-refractivity contribution is 5.93. The fourth-order valence-electron chi connectivity index (χ4n) is 2.97. The maximum atomic E-state index is 12.2. The largest absolute Gasteiger partial charge is 0.508 e. The van der Waals surface area contributed by atoms with Gasteiger partial charge in [-0.15, -0.1) is 0 Å². The van der Waals surface area contributed by atoms with Crippen LogP contribution in [0.4, 0.5) is 0 Å². The molecule has 0 saturated heterocycles. The van der Waals surface area contributed by atoms with Crippen molar-refractivity contribution in [3.05, 3.63) is 40.2 Å². The molecule has 2 aromatic rings. The van der Waals surface area contributed by atoms with Crippen molar-refractivity contribution in [1.29, 1.82) is 0 Å².